The molecule has 0 bridgehead atoms. The first kappa shape index (κ1) is 10.1. The van der Waals surface area contributed by atoms with E-state index in [4.69, 9.17) is 0 Å². The fourth-order valence-corrected chi connectivity index (χ4v) is 0.278. The van der Waals surface area contributed by atoms with Crippen LogP contribution in [0.15, 0.2) is 0 Å². The number of hydrogen-bond donors (Lipinski definition) is 0. The number of alkyl halides is 6. The van der Waals surface area contributed by atoms with Crippen molar-refractivity contribution in [3.8, 4) is 0 Å². The van der Waals surface area contributed by atoms with Crippen LogP contribution in [-0.4, -0.2) is 17.8 Å². The van der Waals surface area contributed by atoms with Gasteiger partial charge < -0.3 is 4.74 Å². The van der Waals surface area contributed by atoms with Gasteiger partial charge in [0.1, 0.15) is 6.61 Å². The minimum absolute atomic E-state index is 1.58. The minimum Gasteiger partial charge on any atom is -0.302 e. The van der Waals surface area contributed by atoms with E-state index in [9.17, 15) is 22.0 Å². The van der Waals surface area contributed by atoms with E-state index < -0.39 is 17.8 Å². The molecule has 0 heterocycles. The van der Waals surface area contributed by atoms with Crippen LogP contribution in [0.1, 0.15) is 0 Å². The molecule has 0 rings (SSSR count). The van der Waals surface area contributed by atoms with Gasteiger partial charge >= 0.3 is 11.2 Å². The van der Waals surface area contributed by atoms with Crippen LogP contribution in [0, 0.1) is 0 Å². The van der Waals surface area contributed by atoms with Gasteiger partial charge in [0, 0.05) is 15.9 Å². The predicted molar refractivity (Wildman–Crippen MR) is 25.9 cm³/mol. The Labute approximate surface area is 61.3 Å². The van der Waals surface area contributed by atoms with Crippen molar-refractivity contribution in [1.29, 1.82) is 0 Å². The lowest BCUT2D eigenvalue weighted by atomic mass is 10.7. The summed E-state index contributed by atoms with van der Waals surface area (Å²) in [4.78, 5) is 0. The SMILES string of the molecule is FC(F)(F)COC(F)(F)Br. The average molecular weight is 229 g/mol. The molecule has 0 saturated heterocycles. The zero-order valence-electron chi connectivity index (χ0n) is 4.38. The summed E-state index contributed by atoms with van der Waals surface area (Å²) in [6.07, 6.45) is -4.72. The summed E-state index contributed by atoms with van der Waals surface area (Å²) < 4.78 is 59.3. The molecule has 0 aliphatic rings. The van der Waals surface area contributed by atoms with Gasteiger partial charge in [0.15, 0.2) is 0 Å². The third-order valence-corrected chi connectivity index (χ3v) is 0.628. The molecule has 0 aromatic heterocycles. The Balaban J connectivity index is 3.56. The van der Waals surface area contributed by atoms with Crippen molar-refractivity contribution in [2.24, 2.45) is 0 Å². The molecule has 10 heavy (non-hydrogen) atoms. The highest BCUT2D eigenvalue weighted by Gasteiger charge is 2.35. The molecule has 0 fully saturated rings. The van der Waals surface area contributed by atoms with Crippen molar-refractivity contribution >= 4 is 15.9 Å². The summed E-state index contributed by atoms with van der Waals surface area (Å²) in [6, 6.07) is 0. The van der Waals surface area contributed by atoms with Crippen LogP contribution >= 0.6 is 15.9 Å². The average Bonchev–Trinajstić information content (AvgIpc) is 1.57. The third kappa shape index (κ3) is 8.09. The van der Waals surface area contributed by atoms with Gasteiger partial charge in [-0.15, -0.1) is 0 Å². The lowest BCUT2D eigenvalue weighted by molar-refractivity contribution is -0.240. The van der Waals surface area contributed by atoms with E-state index in [-0.39, 0.29) is 0 Å². The van der Waals surface area contributed by atoms with E-state index in [1.807, 2.05) is 0 Å². The molecule has 62 valence electrons. The standard InChI is InChI=1S/C3H2BrF5O/c4-3(8,9)10-1-2(5,6)7/h1H2. The maximum Gasteiger partial charge on any atom is 0.414 e. The number of ether oxygens (including phenoxy) is 1. The van der Waals surface area contributed by atoms with Crippen molar-refractivity contribution in [1.82, 2.24) is 0 Å². The lowest BCUT2D eigenvalue weighted by Gasteiger charge is -2.10. The van der Waals surface area contributed by atoms with Crippen LogP contribution in [-0.2, 0) is 4.74 Å². The van der Waals surface area contributed by atoms with E-state index >= 15 is 0 Å². The zero-order valence-corrected chi connectivity index (χ0v) is 5.97. The first-order chi connectivity index (χ1) is 4.21. The van der Waals surface area contributed by atoms with Gasteiger partial charge in [0.2, 0.25) is 0 Å². The summed E-state index contributed by atoms with van der Waals surface area (Å²) in [5.74, 6) is 0. The van der Waals surface area contributed by atoms with Gasteiger partial charge in [0.05, 0.1) is 0 Å². The second-order valence-electron chi connectivity index (χ2n) is 1.35. The molecule has 0 aliphatic heterocycles. The van der Waals surface area contributed by atoms with Gasteiger partial charge in [-0.1, -0.05) is 0 Å². The molecule has 0 N–H and O–H groups in total. The lowest BCUT2D eigenvalue weighted by Crippen LogP contribution is -2.23. The Morgan fingerprint density at radius 2 is 1.50 bits per heavy atom. The third-order valence-electron chi connectivity index (χ3n) is 0.399. The minimum atomic E-state index is -4.72. The molecule has 7 heteroatoms. The van der Waals surface area contributed by atoms with Crippen molar-refractivity contribution in [2.75, 3.05) is 6.61 Å². The van der Waals surface area contributed by atoms with Gasteiger partial charge in [-0.2, -0.15) is 22.0 Å². The summed E-state index contributed by atoms with van der Waals surface area (Å²) in [5.41, 5.74) is 0. The fraction of sp³-hybridized carbons (Fsp3) is 1.00. The summed E-state index contributed by atoms with van der Waals surface area (Å²) in [5, 5.41) is -3.90. The molecule has 0 aromatic rings. The van der Waals surface area contributed by atoms with Gasteiger partial charge in [-0.25, -0.2) is 0 Å². The highest BCUT2D eigenvalue weighted by atomic mass is 79.9. The Hall–Kier alpha value is 0.0900. The van der Waals surface area contributed by atoms with Gasteiger partial charge in [-0.3, -0.25) is 0 Å². The Morgan fingerprint density at radius 1 is 1.10 bits per heavy atom. The van der Waals surface area contributed by atoms with Crippen LogP contribution in [0.2, 0.25) is 0 Å². The topological polar surface area (TPSA) is 9.23 Å². The number of halogens is 6. The highest BCUT2D eigenvalue weighted by Crippen LogP contribution is 2.26. The van der Waals surface area contributed by atoms with E-state index in [0.29, 0.717) is 0 Å². The molecule has 0 saturated carbocycles. The fourth-order valence-electron chi connectivity index (χ4n) is 0.164. The Kier molecular flexibility index (Phi) is 3.02. The summed E-state index contributed by atoms with van der Waals surface area (Å²) >= 11 is 1.58. The van der Waals surface area contributed by atoms with Crippen molar-refractivity contribution in [3.05, 3.63) is 0 Å². The monoisotopic (exact) mass is 228 g/mol. The number of rotatable bonds is 2. The number of hydrogen-bond acceptors (Lipinski definition) is 1. The molecule has 0 amide bonds. The molecule has 0 aromatic carbocycles. The van der Waals surface area contributed by atoms with E-state index in [2.05, 4.69) is 4.74 Å². The molecular formula is C3H2BrF5O. The quantitative estimate of drug-likeness (QED) is 0.522. The largest absolute Gasteiger partial charge is 0.414 e. The van der Waals surface area contributed by atoms with E-state index in [1.165, 1.54) is 0 Å². The van der Waals surface area contributed by atoms with Crippen LogP contribution in [0.4, 0.5) is 22.0 Å². The Morgan fingerprint density at radius 3 is 1.60 bits per heavy atom. The van der Waals surface area contributed by atoms with Crippen LogP contribution in [0.25, 0.3) is 0 Å². The van der Waals surface area contributed by atoms with Crippen LogP contribution in [0.5, 0.6) is 0 Å². The zero-order chi connectivity index (χ0) is 8.41. The second-order valence-corrected chi connectivity index (χ2v) is 2.27. The molecule has 1 nitrogen and oxygen atoms in total. The Bertz CT molecular complexity index is 90.4. The van der Waals surface area contributed by atoms with E-state index in [0.717, 1.165) is 0 Å². The summed E-state index contributed by atoms with van der Waals surface area (Å²) in [6.45, 7) is -1.97. The molecule has 0 atom stereocenters. The smallest absolute Gasteiger partial charge is 0.302 e. The molecular weight excluding hydrogens is 227 g/mol. The van der Waals surface area contributed by atoms with Crippen LogP contribution < -0.4 is 0 Å². The first-order valence-corrected chi connectivity index (χ1v) is 2.77. The molecule has 0 aliphatic carbocycles. The van der Waals surface area contributed by atoms with Crippen molar-refractivity contribution in [3.63, 3.8) is 0 Å². The summed E-state index contributed by atoms with van der Waals surface area (Å²) in [7, 11) is 0. The first-order valence-electron chi connectivity index (χ1n) is 1.98. The van der Waals surface area contributed by atoms with Crippen molar-refractivity contribution < 1.29 is 26.7 Å². The second kappa shape index (κ2) is 3.00. The van der Waals surface area contributed by atoms with Crippen molar-refractivity contribution in [2.45, 2.75) is 11.2 Å². The van der Waals surface area contributed by atoms with Gasteiger partial charge in [0.25, 0.3) is 0 Å². The van der Waals surface area contributed by atoms with Crippen LogP contribution in [0.3, 0.4) is 0 Å². The highest BCUT2D eigenvalue weighted by molar-refractivity contribution is 9.09. The molecule has 0 unspecified atom stereocenters. The van der Waals surface area contributed by atoms with Gasteiger partial charge in [-0.05, 0) is 0 Å². The molecule has 0 radical (unpaired) electrons. The predicted octanol–water partition coefficient (Wildman–Crippen LogP) is 2.51. The van der Waals surface area contributed by atoms with E-state index in [1.54, 1.807) is 15.9 Å². The maximum absolute atomic E-state index is 11.4. The maximum atomic E-state index is 11.4. The normalized spacial score (nSPS) is 13.8. The molecule has 0 spiro atoms.